The fourth-order valence-corrected chi connectivity index (χ4v) is 2.14. The van der Waals surface area contributed by atoms with Crippen molar-refractivity contribution in [2.24, 2.45) is 0 Å². The van der Waals surface area contributed by atoms with Gasteiger partial charge >= 0.3 is 5.97 Å². The molecule has 0 aliphatic carbocycles. The molecule has 0 radical (unpaired) electrons. The van der Waals surface area contributed by atoms with Crippen LogP contribution in [0.25, 0.3) is 0 Å². The number of likely N-dealkylation sites (tertiary alicyclic amines) is 1. The standard InChI is InChI=1S/C13H12FNO4/c14-10-3-1-8(2-4-10)9-5-11(16)15(7-13(18)19)12(17)6-9/h1-4,9H,5-7H2,(H,18,19). The fraction of sp³-hybridized carbons (Fsp3) is 0.308. The van der Waals surface area contributed by atoms with Crippen LogP contribution in [0.2, 0.25) is 0 Å². The van der Waals surface area contributed by atoms with Crippen LogP contribution in [-0.2, 0) is 14.4 Å². The summed E-state index contributed by atoms with van der Waals surface area (Å²) in [5.41, 5.74) is 0.707. The molecule has 1 heterocycles. The van der Waals surface area contributed by atoms with Crippen LogP contribution < -0.4 is 0 Å². The van der Waals surface area contributed by atoms with Gasteiger partial charge in [0.05, 0.1) is 0 Å². The van der Waals surface area contributed by atoms with Crippen molar-refractivity contribution in [3.8, 4) is 0 Å². The molecule has 0 atom stereocenters. The van der Waals surface area contributed by atoms with Crippen molar-refractivity contribution < 1.29 is 23.9 Å². The lowest BCUT2D eigenvalue weighted by molar-refractivity contribution is -0.155. The van der Waals surface area contributed by atoms with E-state index in [1.165, 1.54) is 24.3 Å². The second-order valence-corrected chi connectivity index (χ2v) is 4.42. The summed E-state index contributed by atoms with van der Waals surface area (Å²) in [6, 6.07) is 5.61. The maximum absolute atomic E-state index is 12.8. The van der Waals surface area contributed by atoms with Gasteiger partial charge in [0.25, 0.3) is 0 Å². The summed E-state index contributed by atoms with van der Waals surface area (Å²) in [5, 5.41) is 8.63. The van der Waals surface area contributed by atoms with Gasteiger partial charge in [-0.15, -0.1) is 0 Å². The molecule has 1 aromatic carbocycles. The monoisotopic (exact) mass is 265 g/mol. The molecule has 0 aromatic heterocycles. The van der Waals surface area contributed by atoms with E-state index in [-0.39, 0.29) is 24.6 Å². The molecule has 1 aromatic rings. The highest BCUT2D eigenvalue weighted by molar-refractivity contribution is 6.00. The number of carbonyl (C=O) groups is 3. The zero-order valence-corrected chi connectivity index (χ0v) is 10.0. The van der Waals surface area contributed by atoms with Crippen LogP contribution in [0.3, 0.4) is 0 Å². The zero-order chi connectivity index (χ0) is 14.0. The number of imide groups is 1. The minimum Gasteiger partial charge on any atom is -0.480 e. The van der Waals surface area contributed by atoms with E-state index in [9.17, 15) is 18.8 Å². The van der Waals surface area contributed by atoms with E-state index in [0.717, 1.165) is 4.90 Å². The molecule has 2 amide bonds. The van der Waals surface area contributed by atoms with Gasteiger partial charge in [-0.2, -0.15) is 0 Å². The van der Waals surface area contributed by atoms with Crippen molar-refractivity contribution in [1.82, 2.24) is 4.90 Å². The van der Waals surface area contributed by atoms with Gasteiger partial charge in [-0.05, 0) is 17.7 Å². The Morgan fingerprint density at radius 3 is 2.21 bits per heavy atom. The van der Waals surface area contributed by atoms with Gasteiger partial charge < -0.3 is 5.11 Å². The van der Waals surface area contributed by atoms with E-state index in [4.69, 9.17) is 5.11 Å². The van der Waals surface area contributed by atoms with E-state index in [1.807, 2.05) is 0 Å². The summed E-state index contributed by atoms with van der Waals surface area (Å²) in [6.45, 7) is -0.603. The molecule has 1 N–H and O–H groups in total. The Hall–Kier alpha value is -2.24. The average molecular weight is 265 g/mol. The van der Waals surface area contributed by atoms with Crippen molar-refractivity contribution in [1.29, 1.82) is 0 Å². The molecule has 0 unspecified atom stereocenters. The van der Waals surface area contributed by atoms with E-state index in [2.05, 4.69) is 0 Å². The molecule has 1 fully saturated rings. The van der Waals surface area contributed by atoms with Crippen LogP contribution in [0, 0.1) is 5.82 Å². The number of amides is 2. The number of nitrogens with zero attached hydrogens (tertiary/aromatic N) is 1. The molecule has 0 bridgehead atoms. The van der Waals surface area contributed by atoms with E-state index in [1.54, 1.807) is 0 Å². The number of hydrogen-bond acceptors (Lipinski definition) is 3. The van der Waals surface area contributed by atoms with Gasteiger partial charge in [0, 0.05) is 18.8 Å². The topological polar surface area (TPSA) is 74.7 Å². The summed E-state index contributed by atoms with van der Waals surface area (Å²) in [6.07, 6.45) is 0.120. The van der Waals surface area contributed by atoms with Crippen molar-refractivity contribution in [3.05, 3.63) is 35.6 Å². The van der Waals surface area contributed by atoms with Crippen LogP contribution >= 0.6 is 0 Å². The van der Waals surface area contributed by atoms with Gasteiger partial charge in [0.15, 0.2) is 0 Å². The molecule has 1 aliphatic rings. The largest absolute Gasteiger partial charge is 0.480 e. The van der Waals surface area contributed by atoms with Gasteiger partial charge in [-0.1, -0.05) is 12.1 Å². The lowest BCUT2D eigenvalue weighted by atomic mass is 9.88. The minimum absolute atomic E-state index is 0.0602. The smallest absolute Gasteiger partial charge is 0.323 e. The SMILES string of the molecule is O=C(O)CN1C(=O)CC(c2ccc(F)cc2)CC1=O. The second kappa shape index (κ2) is 5.17. The molecule has 5 nitrogen and oxygen atoms in total. The lowest BCUT2D eigenvalue weighted by Crippen LogP contribution is -2.45. The third kappa shape index (κ3) is 2.96. The van der Waals surface area contributed by atoms with Gasteiger partial charge in [-0.25, -0.2) is 4.39 Å². The van der Waals surface area contributed by atoms with E-state index >= 15 is 0 Å². The molecule has 2 rings (SSSR count). The van der Waals surface area contributed by atoms with Crippen molar-refractivity contribution >= 4 is 17.8 Å². The molecule has 100 valence electrons. The number of carboxylic acids is 1. The van der Waals surface area contributed by atoms with Crippen LogP contribution in [0.4, 0.5) is 4.39 Å². The Bertz CT molecular complexity index is 508. The molecular formula is C13H12FNO4. The number of aliphatic carboxylic acids is 1. The normalized spacial score (nSPS) is 16.8. The maximum atomic E-state index is 12.8. The minimum atomic E-state index is -1.22. The van der Waals surface area contributed by atoms with Crippen LogP contribution in [0.1, 0.15) is 24.3 Å². The summed E-state index contributed by atoms with van der Waals surface area (Å²) < 4.78 is 12.8. The second-order valence-electron chi connectivity index (χ2n) is 4.42. The van der Waals surface area contributed by atoms with Crippen LogP contribution in [0.15, 0.2) is 24.3 Å². The Morgan fingerprint density at radius 1 is 1.21 bits per heavy atom. The summed E-state index contributed by atoms with van der Waals surface area (Å²) >= 11 is 0. The number of halogens is 1. The first-order chi connectivity index (χ1) is 8.97. The first kappa shape index (κ1) is 13.2. The number of piperidine rings is 1. The molecular weight excluding hydrogens is 253 g/mol. The Morgan fingerprint density at radius 2 is 1.74 bits per heavy atom. The van der Waals surface area contributed by atoms with Crippen LogP contribution in [-0.4, -0.2) is 34.3 Å². The lowest BCUT2D eigenvalue weighted by Gasteiger charge is -2.29. The molecule has 1 saturated heterocycles. The van der Waals surface area contributed by atoms with Gasteiger partial charge in [0.2, 0.25) is 11.8 Å². The number of carboxylic acid groups (broad SMARTS) is 1. The predicted octanol–water partition coefficient (Wildman–Crippen LogP) is 1.14. The number of benzene rings is 1. The zero-order valence-electron chi connectivity index (χ0n) is 10.0. The van der Waals surface area contributed by atoms with E-state index in [0.29, 0.717) is 5.56 Å². The van der Waals surface area contributed by atoms with Gasteiger partial charge in [-0.3, -0.25) is 19.3 Å². The first-order valence-corrected chi connectivity index (χ1v) is 5.78. The number of rotatable bonds is 3. The van der Waals surface area contributed by atoms with Crippen molar-refractivity contribution in [2.45, 2.75) is 18.8 Å². The third-order valence-corrected chi connectivity index (χ3v) is 3.08. The summed E-state index contributed by atoms with van der Waals surface area (Å²) in [4.78, 5) is 34.8. The van der Waals surface area contributed by atoms with Crippen molar-refractivity contribution in [2.75, 3.05) is 6.54 Å². The molecule has 6 heteroatoms. The first-order valence-electron chi connectivity index (χ1n) is 5.78. The highest BCUT2D eigenvalue weighted by Gasteiger charge is 2.34. The maximum Gasteiger partial charge on any atom is 0.323 e. The third-order valence-electron chi connectivity index (χ3n) is 3.08. The molecule has 1 aliphatic heterocycles. The predicted molar refractivity (Wildman–Crippen MR) is 62.7 cm³/mol. The molecule has 0 spiro atoms. The number of hydrogen-bond donors (Lipinski definition) is 1. The fourth-order valence-electron chi connectivity index (χ4n) is 2.14. The van der Waals surface area contributed by atoms with E-state index < -0.39 is 24.3 Å². The Labute approximate surface area is 108 Å². The Kier molecular flexibility index (Phi) is 3.59. The van der Waals surface area contributed by atoms with Gasteiger partial charge in [0.1, 0.15) is 12.4 Å². The highest BCUT2D eigenvalue weighted by Crippen LogP contribution is 2.29. The quantitative estimate of drug-likeness (QED) is 0.832. The Balaban J connectivity index is 2.13. The average Bonchev–Trinajstić information content (AvgIpc) is 2.34. The summed E-state index contributed by atoms with van der Waals surface area (Å²) in [5.74, 6) is -2.93. The number of carbonyl (C=O) groups excluding carboxylic acids is 2. The molecule has 0 saturated carbocycles. The highest BCUT2D eigenvalue weighted by atomic mass is 19.1. The molecule has 19 heavy (non-hydrogen) atoms. The van der Waals surface area contributed by atoms with Crippen molar-refractivity contribution in [3.63, 3.8) is 0 Å². The van der Waals surface area contributed by atoms with Crippen LogP contribution in [0.5, 0.6) is 0 Å². The summed E-state index contributed by atoms with van der Waals surface area (Å²) in [7, 11) is 0.